The Kier molecular flexibility index (Phi) is 5.45. The Bertz CT molecular complexity index is 1300. The smallest absolute Gasteiger partial charge is 0.242 e. The highest BCUT2D eigenvalue weighted by Crippen LogP contribution is 2.20. The largest absolute Gasteiger partial charge is 0.339 e. The monoisotopic (exact) mass is 429 g/mol. The zero-order valence-electron chi connectivity index (χ0n) is 17.7. The second-order valence-corrected chi connectivity index (χ2v) is 8.20. The van der Waals surface area contributed by atoms with Crippen LogP contribution in [-0.2, 0) is 17.9 Å². The summed E-state index contributed by atoms with van der Waals surface area (Å²) in [6.45, 7) is 3.32. The first kappa shape index (κ1) is 20.4. The lowest BCUT2D eigenvalue weighted by molar-refractivity contribution is -0.133. The molecule has 0 saturated carbocycles. The molecule has 1 aromatic heterocycles. The van der Waals surface area contributed by atoms with E-state index in [1.54, 1.807) is 12.1 Å². The van der Waals surface area contributed by atoms with Gasteiger partial charge in [-0.2, -0.15) is 0 Å². The molecule has 5 rings (SSSR count). The summed E-state index contributed by atoms with van der Waals surface area (Å²) in [6.07, 6.45) is 0. The van der Waals surface area contributed by atoms with Crippen molar-refractivity contribution >= 4 is 27.7 Å². The van der Waals surface area contributed by atoms with Gasteiger partial charge < -0.3 is 9.47 Å². The first-order valence-electron chi connectivity index (χ1n) is 10.9. The maximum absolute atomic E-state index is 14.0. The second-order valence-electron chi connectivity index (χ2n) is 8.20. The Balaban J connectivity index is 1.35. The molecule has 5 nitrogen and oxygen atoms in total. The number of hydrogen-bond acceptors (Lipinski definition) is 3. The quantitative estimate of drug-likeness (QED) is 0.466. The zero-order chi connectivity index (χ0) is 22.1. The fourth-order valence-electron chi connectivity index (χ4n) is 4.51. The fourth-order valence-corrected chi connectivity index (χ4v) is 4.51. The number of piperazine rings is 1. The molecular weight excluding hydrogens is 405 g/mol. The average molecular weight is 429 g/mol. The Morgan fingerprint density at radius 3 is 1.97 bits per heavy atom. The Morgan fingerprint density at radius 1 is 0.781 bits per heavy atom. The molecule has 162 valence electrons. The number of hydrogen-bond donors (Lipinski definition) is 0. The van der Waals surface area contributed by atoms with E-state index in [1.165, 1.54) is 6.07 Å². The maximum atomic E-state index is 14.0. The van der Waals surface area contributed by atoms with E-state index < -0.39 is 0 Å². The molecule has 1 saturated heterocycles. The zero-order valence-corrected chi connectivity index (χ0v) is 17.7. The molecule has 1 aliphatic rings. The fraction of sp³-hybridized carbons (Fsp3) is 0.231. The van der Waals surface area contributed by atoms with E-state index >= 15 is 0 Å². The van der Waals surface area contributed by atoms with Crippen molar-refractivity contribution in [1.82, 2.24) is 14.4 Å². The number of fused-ring (bicyclic) bond motifs is 2. The lowest BCUT2D eigenvalue weighted by Crippen LogP contribution is -2.49. The number of pyridine rings is 1. The molecule has 0 unspecified atom stereocenters. The summed E-state index contributed by atoms with van der Waals surface area (Å²) in [5.41, 5.74) is 2.20. The van der Waals surface area contributed by atoms with Gasteiger partial charge in [-0.25, -0.2) is 4.39 Å². The van der Waals surface area contributed by atoms with Gasteiger partial charge in [-0.3, -0.25) is 14.5 Å². The van der Waals surface area contributed by atoms with Gasteiger partial charge in [0.25, 0.3) is 0 Å². The van der Waals surface area contributed by atoms with Gasteiger partial charge in [0.1, 0.15) is 12.4 Å². The molecule has 2 heterocycles. The molecule has 1 fully saturated rings. The van der Waals surface area contributed by atoms with E-state index in [1.807, 2.05) is 64.1 Å². The molecule has 0 N–H and O–H groups in total. The molecule has 0 atom stereocenters. The number of benzene rings is 3. The highest BCUT2D eigenvalue weighted by molar-refractivity contribution is 5.94. The van der Waals surface area contributed by atoms with Crippen LogP contribution in [-0.4, -0.2) is 46.5 Å². The van der Waals surface area contributed by atoms with Crippen LogP contribution in [0.15, 0.2) is 77.6 Å². The molecular formula is C26H24FN3O2. The number of carbonyl (C=O) groups is 1. The molecule has 32 heavy (non-hydrogen) atoms. The number of amides is 1. The van der Waals surface area contributed by atoms with Crippen molar-refractivity contribution in [3.05, 3.63) is 94.4 Å². The van der Waals surface area contributed by atoms with Crippen molar-refractivity contribution in [2.45, 2.75) is 13.1 Å². The standard InChI is InChI=1S/C26H24FN3O2/c27-22-10-4-1-7-19(22)17-28-13-15-29(16-14-28)25(31)18-30-23-11-5-2-8-20(23)26(32)21-9-3-6-12-24(21)30/h1-12H,13-18H2. The first-order chi connectivity index (χ1) is 15.6. The molecule has 4 aromatic rings. The van der Waals surface area contributed by atoms with E-state index in [0.29, 0.717) is 49.1 Å². The molecule has 0 aliphatic carbocycles. The van der Waals surface area contributed by atoms with E-state index in [9.17, 15) is 14.0 Å². The van der Waals surface area contributed by atoms with Crippen LogP contribution in [0, 0.1) is 5.82 Å². The molecule has 0 radical (unpaired) electrons. The van der Waals surface area contributed by atoms with Gasteiger partial charge in [0.15, 0.2) is 5.43 Å². The van der Waals surface area contributed by atoms with Crippen LogP contribution in [0.25, 0.3) is 21.8 Å². The summed E-state index contributed by atoms with van der Waals surface area (Å²) in [6, 6.07) is 21.7. The number of nitrogens with zero attached hydrogens (tertiary/aromatic N) is 3. The number of para-hydroxylation sites is 2. The lowest BCUT2D eigenvalue weighted by atomic mass is 10.1. The maximum Gasteiger partial charge on any atom is 0.242 e. The summed E-state index contributed by atoms with van der Waals surface area (Å²) in [4.78, 5) is 30.1. The van der Waals surface area contributed by atoms with Crippen LogP contribution in [0.3, 0.4) is 0 Å². The normalized spacial score (nSPS) is 14.8. The van der Waals surface area contributed by atoms with Crippen LogP contribution in [0.2, 0.25) is 0 Å². The van der Waals surface area contributed by atoms with Crippen molar-refractivity contribution in [2.24, 2.45) is 0 Å². The van der Waals surface area contributed by atoms with Crippen molar-refractivity contribution in [1.29, 1.82) is 0 Å². The summed E-state index contributed by atoms with van der Waals surface area (Å²) in [5.74, 6) is -0.169. The van der Waals surface area contributed by atoms with Gasteiger partial charge in [-0.05, 0) is 30.3 Å². The Morgan fingerprint density at radius 2 is 1.34 bits per heavy atom. The van der Waals surface area contributed by atoms with Crippen LogP contribution in [0.1, 0.15) is 5.56 Å². The Labute approximate surface area is 185 Å². The van der Waals surface area contributed by atoms with Gasteiger partial charge in [0.2, 0.25) is 5.91 Å². The minimum absolute atomic E-state index is 0.0124. The molecule has 0 spiro atoms. The topological polar surface area (TPSA) is 45.6 Å². The first-order valence-corrected chi connectivity index (χ1v) is 10.9. The third kappa shape index (κ3) is 3.78. The molecule has 6 heteroatoms. The van der Waals surface area contributed by atoms with Gasteiger partial charge in [0.05, 0.1) is 11.0 Å². The van der Waals surface area contributed by atoms with Gasteiger partial charge in [0, 0.05) is 49.1 Å². The summed E-state index contributed by atoms with van der Waals surface area (Å²) in [7, 11) is 0. The lowest BCUT2D eigenvalue weighted by Gasteiger charge is -2.35. The minimum Gasteiger partial charge on any atom is -0.339 e. The number of rotatable bonds is 4. The van der Waals surface area contributed by atoms with Crippen molar-refractivity contribution in [2.75, 3.05) is 26.2 Å². The van der Waals surface area contributed by atoms with Crippen molar-refractivity contribution in [3.8, 4) is 0 Å². The van der Waals surface area contributed by atoms with Crippen molar-refractivity contribution < 1.29 is 9.18 Å². The third-order valence-electron chi connectivity index (χ3n) is 6.25. The Hall–Kier alpha value is -3.51. The highest BCUT2D eigenvalue weighted by Gasteiger charge is 2.23. The second kappa shape index (κ2) is 8.55. The van der Waals surface area contributed by atoms with E-state index in [0.717, 1.165) is 11.0 Å². The van der Waals surface area contributed by atoms with Crippen LogP contribution in [0.5, 0.6) is 0 Å². The molecule has 3 aromatic carbocycles. The average Bonchev–Trinajstić information content (AvgIpc) is 2.83. The third-order valence-corrected chi connectivity index (χ3v) is 6.25. The van der Waals surface area contributed by atoms with E-state index in [2.05, 4.69) is 4.90 Å². The molecule has 0 bridgehead atoms. The summed E-state index contributed by atoms with van der Waals surface area (Å²) >= 11 is 0. The van der Waals surface area contributed by atoms with E-state index in [-0.39, 0.29) is 23.7 Å². The SMILES string of the molecule is O=C(Cn1c2ccccc2c(=O)c2ccccc21)N1CCN(Cc2ccccc2F)CC1. The molecule has 1 amide bonds. The van der Waals surface area contributed by atoms with Gasteiger partial charge in [-0.15, -0.1) is 0 Å². The van der Waals surface area contributed by atoms with Gasteiger partial charge in [-0.1, -0.05) is 42.5 Å². The number of halogens is 1. The van der Waals surface area contributed by atoms with E-state index in [4.69, 9.17) is 0 Å². The van der Waals surface area contributed by atoms with Crippen molar-refractivity contribution in [3.63, 3.8) is 0 Å². The predicted molar refractivity (Wildman–Crippen MR) is 124 cm³/mol. The molecule has 1 aliphatic heterocycles. The van der Waals surface area contributed by atoms with Gasteiger partial charge >= 0.3 is 0 Å². The summed E-state index contributed by atoms with van der Waals surface area (Å²) in [5, 5.41) is 1.24. The number of carbonyl (C=O) groups excluding carboxylic acids is 1. The van der Waals surface area contributed by atoms with Crippen LogP contribution < -0.4 is 5.43 Å². The van der Waals surface area contributed by atoms with Crippen LogP contribution in [0.4, 0.5) is 4.39 Å². The summed E-state index contributed by atoms with van der Waals surface area (Å²) < 4.78 is 15.9. The number of aromatic nitrogens is 1. The minimum atomic E-state index is -0.192. The van der Waals surface area contributed by atoms with Crippen LogP contribution >= 0.6 is 0 Å². The highest BCUT2D eigenvalue weighted by atomic mass is 19.1. The predicted octanol–water partition coefficient (Wildman–Crippen LogP) is 3.64.